The van der Waals surface area contributed by atoms with Crippen LogP contribution in [0.25, 0.3) is 0 Å². The molecule has 0 aliphatic heterocycles. The fraction of sp³-hybridized carbons (Fsp3) is 0.167. The summed E-state index contributed by atoms with van der Waals surface area (Å²) in [4.78, 5) is 25.2. The molecule has 0 radical (unpaired) electrons. The number of methoxy groups -OCH3 is 1. The van der Waals surface area contributed by atoms with E-state index in [1.54, 1.807) is 19.2 Å². The van der Waals surface area contributed by atoms with Crippen molar-refractivity contribution in [2.75, 3.05) is 12.4 Å². The van der Waals surface area contributed by atoms with E-state index in [1.807, 2.05) is 12.1 Å². The Kier molecular flexibility index (Phi) is 4.67. The maximum Gasteiger partial charge on any atom is 0.376 e. The first kappa shape index (κ1) is 14.7. The van der Waals surface area contributed by atoms with Gasteiger partial charge in [-0.3, -0.25) is 5.32 Å². The van der Waals surface area contributed by atoms with Gasteiger partial charge in [0.05, 0.1) is 12.5 Å². The van der Waals surface area contributed by atoms with E-state index in [0.717, 1.165) is 22.6 Å². The van der Waals surface area contributed by atoms with Gasteiger partial charge in [0.25, 0.3) is 0 Å². The highest BCUT2D eigenvalue weighted by Gasteiger charge is 2.15. The van der Waals surface area contributed by atoms with E-state index in [1.165, 1.54) is 5.38 Å². The zero-order valence-corrected chi connectivity index (χ0v) is 11.8. The fourth-order valence-corrected chi connectivity index (χ4v) is 2.13. The molecule has 1 heterocycles. The van der Waals surface area contributed by atoms with E-state index >= 15 is 0 Å². The van der Waals surface area contributed by atoms with Gasteiger partial charge in [0, 0.05) is 6.54 Å². The summed E-state index contributed by atoms with van der Waals surface area (Å²) in [6, 6.07) is 6.76. The van der Waals surface area contributed by atoms with Crippen LogP contribution in [0, 0.1) is 10.1 Å². The molecule has 2 aromatic rings. The van der Waals surface area contributed by atoms with Gasteiger partial charge >= 0.3 is 17.0 Å². The van der Waals surface area contributed by atoms with Crippen molar-refractivity contribution in [1.29, 1.82) is 0 Å². The third-order valence-corrected chi connectivity index (χ3v) is 3.26. The summed E-state index contributed by atoms with van der Waals surface area (Å²) in [7, 11) is 1.58. The maximum atomic E-state index is 11.6. The second-order valence-electron chi connectivity index (χ2n) is 3.92. The van der Waals surface area contributed by atoms with Crippen molar-refractivity contribution >= 4 is 28.3 Å². The van der Waals surface area contributed by atoms with Gasteiger partial charge in [0.1, 0.15) is 5.75 Å². The number of nitrogens with zero attached hydrogens (tertiary/aromatic N) is 2. The molecule has 1 aromatic carbocycles. The number of amides is 2. The average molecular weight is 308 g/mol. The predicted octanol–water partition coefficient (Wildman–Crippen LogP) is 2.38. The topological polar surface area (TPSA) is 106 Å². The Labute approximate surface area is 123 Å². The largest absolute Gasteiger partial charge is 0.497 e. The fourth-order valence-electron chi connectivity index (χ4n) is 1.47. The number of benzene rings is 1. The molecule has 110 valence electrons. The Balaban J connectivity index is 1.84. The van der Waals surface area contributed by atoms with Gasteiger partial charge < -0.3 is 20.2 Å². The Morgan fingerprint density at radius 2 is 2.14 bits per heavy atom. The van der Waals surface area contributed by atoms with Gasteiger partial charge in [-0.05, 0) is 27.6 Å². The highest BCUT2D eigenvalue weighted by molar-refractivity contribution is 7.14. The molecule has 2 N–H and O–H groups in total. The molecule has 9 heteroatoms. The number of anilines is 1. The number of thiazole rings is 1. The van der Waals surface area contributed by atoms with Gasteiger partial charge in [0.15, 0.2) is 0 Å². The summed E-state index contributed by atoms with van der Waals surface area (Å²) in [6.07, 6.45) is 0. The van der Waals surface area contributed by atoms with Crippen molar-refractivity contribution in [2.24, 2.45) is 0 Å². The zero-order valence-electron chi connectivity index (χ0n) is 11.0. The molecule has 8 nitrogen and oxygen atoms in total. The molecule has 0 bridgehead atoms. The van der Waals surface area contributed by atoms with Crippen LogP contribution in [0.5, 0.6) is 5.75 Å². The molecule has 2 amide bonds. The summed E-state index contributed by atoms with van der Waals surface area (Å²) in [5.74, 6) is 0.448. The Morgan fingerprint density at radius 3 is 2.71 bits per heavy atom. The number of carbonyl (C=O) groups is 1. The lowest BCUT2D eigenvalue weighted by atomic mass is 10.2. The van der Waals surface area contributed by atoms with Gasteiger partial charge in [-0.25, -0.2) is 4.79 Å². The van der Waals surface area contributed by atoms with E-state index in [4.69, 9.17) is 4.74 Å². The minimum absolute atomic E-state index is 0.175. The maximum absolute atomic E-state index is 11.6. The van der Waals surface area contributed by atoms with Crippen molar-refractivity contribution in [2.45, 2.75) is 6.54 Å². The second-order valence-corrected chi connectivity index (χ2v) is 4.78. The van der Waals surface area contributed by atoms with Crippen molar-refractivity contribution in [3.8, 4) is 5.75 Å². The Hall–Kier alpha value is -2.68. The van der Waals surface area contributed by atoms with E-state index in [2.05, 4.69) is 15.6 Å². The van der Waals surface area contributed by atoms with Crippen molar-refractivity contribution in [3.05, 3.63) is 45.3 Å². The summed E-state index contributed by atoms with van der Waals surface area (Å²) in [5.41, 5.74) is 0.899. The minimum Gasteiger partial charge on any atom is -0.497 e. The molecule has 0 fully saturated rings. The first-order valence-electron chi connectivity index (χ1n) is 5.86. The smallest absolute Gasteiger partial charge is 0.376 e. The van der Waals surface area contributed by atoms with E-state index < -0.39 is 11.0 Å². The van der Waals surface area contributed by atoms with Crippen LogP contribution >= 0.6 is 11.3 Å². The van der Waals surface area contributed by atoms with Crippen LogP contribution in [0.1, 0.15) is 5.56 Å². The standard InChI is InChI=1S/C12H12N4O4S/c1-20-9-4-2-8(3-5-9)6-13-11(17)15-12-14-10(7-21-12)16(18)19/h2-5,7H,6H2,1H3,(H2,13,14,15,17). The quantitative estimate of drug-likeness (QED) is 0.651. The summed E-state index contributed by atoms with van der Waals surface area (Å²) >= 11 is 0.992. The molecular formula is C12H12N4O4S. The number of nitro groups is 1. The molecule has 0 saturated carbocycles. The summed E-state index contributed by atoms with van der Waals surface area (Å²) in [5, 5.41) is 17.0. The van der Waals surface area contributed by atoms with Crippen molar-refractivity contribution < 1.29 is 14.5 Å². The molecule has 0 unspecified atom stereocenters. The zero-order chi connectivity index (χ0) is 15.2. The second kappa shape index (κ2) is 6.66. The molecule has 0 spiro atoms. The van der Waals surface area contributed by atoms with Gasteiger partial charge in [-0.15, -0.1) is 0 Å². The van der Waals surface area contributed by atoms with Crippen LogP contribution in [0.3, 0.4) is 0 Å². The molecule has 0 saturated heterocycles. The normalized spacial score (nSPS) is 9.95. The first-order chi connectivity index (χ1) is 10.1. The third kappa shape index (κ3) is 4.14. The number of aromatic nitrogens is 1. The predicted molar refractivity (Wildman–Crippen MR) is 77.6 cm³/mol. The van der Waals surface area contributed by atoms with Gasteiger partial charge in [0.2, 0.25) is 0 Å². The number of ether oxygens (including phenoxy) is 1. The monoisotopic (exact) mass is 308 g/mol. The molecular weight excluding hydrogens is 296 g/mol. The van der Waals surface area contributed by atoms with E-state index in [0.29, 0.717) is 6.54 Å². The Morgan fingerprint density at radius 1 is 1.43 bits per heavy atom. The van der Waals surface area contributed by atoms with Crippen LogP contribution in [-0.4, -0.2) is 23.0 Å². The number of hydrogen-bond acceptors (Lipinski definition) is 6. The number of carbonyl (C=O) groups excluding carboxylic acids is 1. The molecule has 0 aliphatic rings. The van der Waals surface area contributed by atoms with Crippen molar-refractivity contribution in [1.82, 2.24) is 10.3 Å². The number of hydrogen-bond donors (Lipinski definition) is 2. The van der Waals surface area contributed by atoms with Gasteiger partial charge in [-0.1, -0.05) is 23.5 Å². The third-order valence-electron chi connectivity index (χ3n) is 2.51. The van der Waals surface area contributed by atoms with Crippen LogP contribution < -0.4 is 15.4 Å². The first-order valence-corrected chi connectivity index (χ1v) is 6.74. The van der Waals surface area contributed by atoms with E-state index in [9.17, 15) is 14.9 Å². The molecule has 0 aliphatic carbocycles. The van der Waals surface area contributed by atoms with Crippen LogP contribution in [-0.2, 0) is 6.54 Å². The van der Waals surface area contributed by atoms with Crippen LogP contribution in [0.2, 0.25) is 0 Å². The van der Waals surface area contributed by atoms with Crippen LogP contribution in [0.4, 0.5) is 15.7 Å². The van der Waals surface area contributed by atoms with Crippen LogP contribution in [0.15, 0.2) is 29.6 Å². The summed E-state index contributed by atoms with van der Waals surface area (Å²) < 4.78 is 5.03. The number of nitrogens with one attached hydrogen (secondary N) is 2. The highest BCUT2D eigenvalue weighted by atomic mass is 32.1. The SMILES string of the molecule is COc1ccc(CNC(=O)Nc2nc([N+](=O)[O-])cs2)cc1. The number of urea groups is 1. The lowest BCUT2D eigenvalue weighted by Crippen LogP contribution is -2.28. The molecule has 2 rings (SSSR count). The van der Waals surface area contributed by atoms with E-state index in [-0.39, 0.29) is 10.9 Å². The number of rotatable bonds is 5. The lowest BCUT2D eigenvalue weighted by Gasteiger charge is -2.05. The average Bonchev–Trinajstić information content (AvgIpc) is 2.94. The lowest BCUT2D eigenvalue weighted by molar-refractivity contribution is -0.389. The highest BCUT2D eigenvalue weighted by Crippen LogP contribution is 2.20. The van der Waals surface area contributed by atoms with Crippen molar-refractivity contribution in [3.63, 3.8) is 0 Å². The molecule has 1 aromatic heterocycles. The molecule has 21 heavy (non-hydrogen) atoms. The Bertz CT molecular complexity index is 641. The molecule has 0 atom stereocenters. The summed E-state index contributed by atoms with van der Waals surface area (Å²) in [6.45, 7) is 0.323. The minimum atomic E-state index is -0.614. The van der Waals surface area contributed by atoms with Gasteiger partial charge in [-0.2, -0.15) is 0 Å².